The number of hydrogen-bond donors (Lipinski definition) is 5. The summed E-state index contributed by atoms with van der Waals surface area (Å²) in [5, 5.41) is 38.2. The van der Waals surface area contributed by atoms with E-state index in [0.29, 0.717) is 41.8 Å². The van der Waals surface area contributed by atoms with Gasteiger partial charge in [-0.2, -0.15) is 0 Å². The van der Waals surface area contributed by atoms with Crippen LogP contribution in [0.5, 0.6) is 5.75 Å². The standard InChI is InChI=1S/C36H34N8O8S3.Na/c1-18-2-4-19(5-3-18)24-11-10-23(28(46)38-24)29(47)39-25(20-6-8-22(45)9-7-20)30(48)40-26-32(49)44-27(35(51)52)21(16-53-34(26)44)17-54-36-42-41-31(55-36)33(50)43-14-12-37-13-15-43;/h2-11,25-26,34,37,45H,12-17H2,1H3,(H,38,46)(H,39,47)(H,40,48)(H,51,52);/q;+1/p-1/t25?,26?,34-;/m0./s1. The van der Waals surface area contributed by atoms with Crippen molar-refractivity contribution in [2.24, 2.45) is 0 Å². The molecule has 0 radical (unpaired) electrons. The summed E-state index contributed by atoms with van der Waals surface area (Å²) in [5.41, 5.74) is 1.68. The molecule has 4 amide bonds. The van der Waals surface area contributed by atoms with Crippen LogP contribution in [0, 0.1) is 6.92 Å². The van der Waals surface area contributed by atoms with Crippen LogP contribution in [0.2, 0.25) is 0 Å². The van der Waals surface area contributed by atoms with Crippen molar-refractivity contribution in [3.05, 3.63) is 104 Å². The maximum absolute atomic E-state index is 13.8. The van der Waals surface area contributed by atoms with E-state index in [2.05, 4.69) is 31.1 Å². The Bertz CT molecular complexity index is 2260. The van der Waals surface area contributed by atoms with Crippen molar-refractivity contribution in [1.29, 1.82) is 0 Å². The predicted molar refractivity (Wildman–Crippen MR) is 202 cm³/mol. The van der Waals surface area contributed by atoms with Crippen molar-refractivity contribution in [2.75, 3.05) is 37.7 Å². The first-order valence-electron chi connectivity index (χ1n) is 17.0. The molecule has 0 spiro atoms. The summed E-state index contributed by atoms with van der Waals surface area (Å²) in [5.74, 6) is -3.88. The average molecular weight is 825 g/mol. The molecule has 2 fully saturated rings. The second kappa shape index (κ2) is 17.7. The number of phenolic OH excluding ortho intramolecular Hbond substituents is 1. The molecule has 5 heterocycles. The Kier molecular flexibility index (Phi) is 13.0. The number of aromatic nitrogens is 3. The zero-order chi connectivity index (χ0) is 38.8. The molecule has 5 N–H and O–H groups in total. The zero-order valence-electron chi connectivity index (χ0n) is 30.1. The molecule has 3 aliphatic heterocycles. The molecule has 3 aliphatic rings. The largest absolute Gasteiger partial charge is 1.00 e. The van der Waals surface area contributed by atoms with Crippen molar-refractivity contribution < 1.29 is 63.7 Å². The van der Waals surface area contributed by atoms with E-state index in [0.717, 1.165) is 27.4 Å². The van der Waals surface area contributed by atoms with Gasteiger partial charge in [0, 0.05) is 43.4 Å². The molecule has 16 nitrogen and oxygen atoms in total. The number of carbonyl (C=O) groups excluding carboxylic acids is 5. The zero-order valence-corrected chi connectivity index (χ0v) is 34.5. The number of fused-ring (bicyclic) bond motifs is 1. The summed E-state index contributed by atoms with van der Waals surface area (Å²) in [6, 6.07) is 13.3. The molecule has 7 rings (SSSR count). The van der Waals surface area contributed by atoms with E-state index in [1.807, 2.05) is 31.2 Å². The number of aliphatic carboxylic acids is 1. The van der Waals surface area contributed by atoms with Gasteiger partial charge < -0.3 is 40.8 Å². The molecule has 0 aliphatic carbocycles. The number of benzene rings is 2. The number of rotatable bonds is 11. The van der Waals surface area contributed by atoms with Gasteiger partial charge in [0.15, 0.2) is 4.34 Å². The minimum absolute atomic E-state index is 0. The van der Waals surface area contributed by atoms with Gasteiger partial charge in [0.05, 0.1) is 11.7 Å². The number of H-pyrrole nitrogens is 1. The Labute approximate surface area is 354 Å². The van der Waals surface area contributed by atoms with E-state index >= 15 is 0 Å². The number of piperazine rings is 1. The topological polar surface area (TPSA) is 230 Å². The Morgan fingerprint density at radius 2 is 1.73 bits per heavy atom. The number of nitrogens with one attached hydrogen (secondary N) is 4. The molecular weight excluding hydrogens is 792 g/mol. The molecule has 0 saturated carbocycles. The van der Waals surface area contributed by atoms with Crippen LogP contribution in [-0.4, -0.2) is 109 Å². The average Bonchev–Trinajstić information content (AvgIpc) is 3.67. The number of amides is 4. The molecule has 4 aromatic rings. The molecule has 2 saturated heterocycles. The molecule has 2 unspecified atom stereocenters. The van der Waals surface area contributed by atoms with Gasteiger partial charge in [-0.15, -0.1) is 22.0 Å². The van der Waals surface area contributed by atoms with Crippen LogP contribution in [0.4, 0.5) is 0 Å². The van der Waals surface area contributed by atoms with Gasteiger partial charge in [-0.25, -0.2) is 0 Å². The van der Waals surface area contributed by atoms with Crippen LogP contribution < -0.4 is 56.2 Å². The molecule has 2 aromatic carbocycles. The summed E-state index contributed by atoms with van der Waals surface area (Å²) in [6.45, 7) is 4.43. The molecular formula is C36H33N8NaO8S3. The van der Waals surface area contributed by atoms with E-state index in [1.54, 1.807) is 11.0 Å². The number of pyridine rings is 1. The SMILES string of the molecule is Cc1ccc(-c2ccc(C(=O)NC(C(=O)NC3C(=O)N4C(C(=O)[O-])=C(CSc5nnc(C(=O)N6CCNCC6)s5)CS[C@@H]34)c3ccc(O)cc3)c(=O)[nH]2)cc1.[Na+]. The number of carboxylic acid groups (broad SMARTS) is 1. The van der Waals surface area contributed by atoms with Crippen molar-refractivity contribution in [1.82, 2.24) is 40.9 Å². The molecule has 3 atom stereocenters. The number of hydrogen-bond acceptors (Lipinski definition) is 14. The van der Waals surface area contributed by atoms with Gasteiger partial charge in [0.2, 0.25) is 10.9 Å². The molecule has 56 heavy (non-hydrogen) atoms. The minimum Gasteiger partial charge on any atom is -0.543 e. The molecule has 0 bridgehead atoms. The summed E-state index contributed by atoms with van der Waals surface area (Å²) in [7, 11) is 0. The number of carbonyl (C=O) groups is 5. The summed E-state index contributed by atoms with van der Waals surface area (Å²) >= 11 is 3.54. The van der Waals surface area contributed by atoms with E-state index < -0.39 is 46.7 Å². The maximum atomic E-state index is 13.8. The van der Waals surface area contributed by atoms with Gasteiger partial charge in [0.25, 0.3) is 23.3 Å². The second-order valence-corrected chi connectivity index (χ2v) is 16.1. The van der Waals surface area contributed by atoms with Crippen molar-refractivity contribution in [3.8, 4) is 17.0 Å². The van der Waals surface area contributed by atoms with Crippen LogP contribution >= 0.6 is 34.9 Å². The number of nitrogens with zero attached hydrogens (tertiary/aromatic N) is 4. The monoisotopic (exact) mass is 824 g/mol. The third-order valence-corrected chi connectivity index (χ3v) is 12.7. The Morgan fingerprint density at radius 3 is 2.41 bits per heavy atom. The number of aryl methyl sites for hydroxylation is 1. The summed E-state index contributed by atoms with van der Waals surface area (Å²) < 4.78 is 0.461. The summed E-state index contributed by atoms with van der Waals surface area (Å²) in [4.78, 5) is 84.4. The van der Waals surface area contributed by atoms with Crippen LogP contribution in [-0.2, 0) is 14.4 Å². The van der Waals surface area contributed by atoms with Crippen LogP contribution in [0.15, 0.2) is 81.1 Å². The van der Waals surface area contributed by atoms with Crippen molar-refractivity contribution >= 4 is 64.5 Å². The smallest absolute Gasteiger partial charge is 0.543 e. The molecule has 2 aromatic heterocycles. The fourth-order valence-electron chi connectivity index (χ4n) is 6.26. The first-order chi connectivity index (χ1) is 26.5. The first-order valence-corrected chi connectivity index (χ1v) is 19.9. The number of phenols is 1. The van der Waals surface area contributed by atoms with Crippen LogP contribution in [0.25, 0.3) is 11.3 Å². The Balaban J connectivity index is 0.00000532. The third-order valence-electron chi connectivity index (χ3n) is 9.18. The van der Waals surface area contributed by atoms with Gasteiger partial charge in [0.1, 0.15) is 28.8 Å². The van der Waals surface area contributed by atoms with E-state index in [9.17, 15) is 39.0 Å². The first kappa shape index (κ1) is 41.1. The van der Waals surface area contributed by atoms with Crippen LogP contribution in [0.3, 0.4) is 0 Å². The normalized spacial score (nSPS) is 18.3. The minimum atomic E-state index is -1.56. The molecule has 284 valence electrons. The van der Waals surface area contributed by atoms with Crippen molar-refractivity contribution in [2.45, 2.75) is 28.7 Å². The van der Waals surface area contributed by atoms with Gasteiger partial charge in [-0.1, -0.05) is 65.1 Å². The fraction of sp³-hybridized carbons (Fsp3) is 0.278. The Hall–Kier alpha value is -4.50. The Morgan fingerprint density at radius 1 is 1.02 bits per heavy atom. The van der Waals surface area contributed by atoms with E-state index in [1.165, 1.54) is 53.9 Å². The predicted octanol–water partition coefficient (Wildman–Crippen LogP) is -2.38. The van der Waals surface area contributed by atoms with E-state index in [4.69, 9.17) is 0 Å². The number of carboxylic acids is 1. The second-order valence-electron chi connectivity index (χ2n) is 12.8. The summed E-state index contributed by atoms with van der Waals surface area (Å²) in [6.07, 6.45) is 0. The number of thioether (sulfide) groups is 2. The van der Waals surface area contributed by atoms with Crippen LogP contribution in [0.1, 0.15) is 37.3 Å². The van der Waals surface area contributed by atoms with Gasteiger partial charge >= 0.3 is 29.6 Å². The third kappa shape index (κ3) is 8.73. The maximum Gasteiger partial charge on any atom is 1.00 e. The van der Waals surface area contributed by atoms with E-state index in [-0.39, 0.29) is 74.6 Å². The number of aromatic amines is 1. The van der Waals surface area contributed by atoms with Gasteiger partial charge in [-0.05, 0) is 47.9 Å². The number of β-lactam (4-membered cyclic amide) rings is 1. The van der Waals surface area contributed by atoms with Crippen molar-refractivity contribution in [3.63, 3.8) is 0 Å². The van der Waals surface area contributed by atoms with Gasteiger partial charge in [-0.3, -0.25) is 28.9 Å². The quantitative estimate of drug-likeness (QED) is 0.0606. The molecule has 20 heteroatoms. The number of aromatic hydroxyl groups is 1. The fourth-order valence-corrected chi connectivity index (χ4v) is 9.56.